The molecule has 0 unspecified atom stereocenters. The molecule has 0 saturated carbocycles. The van der Waals surface area contributed by atoms with Gasteiger partial charge in [0.25, 0.3) is 0 Å². The van der Waals surface area contributed by atoms with Gasteiger partial charge in [-0.25, -0.2) is 9.97 Å². The molecule has 2 rings (SSSR count). The van der Waals surface area contributed by atoms with Crippen molar-refractivity contribution in [3.8, 4) is 0 Å². The Morgan fingerprint density at radius 3 is 2.76 bits per heavy atom. The molecule has 0 radical (unpaired) electrons. The van der Waals surface area contributed by atoms with Crippen LogP contribution in [0.4, 0.5) is 0 Å². The fourth-order valence-electron chi connectivity index (χ4n) is 1.42. The van der Waals surface area contributed by atoms with Gasteiger partial charge < -0.3 is 5.32 Å². The molecule has 3 nitrogen and oxygen atoms in total. The maximum absolute atomic E-state index is 4.41. The van der Waals surface area contributed by atoms with Crippen molar-refractivity contribution in [1.82, 2.24) is 15.3 Å². The topological polar surface area (TPSA) is 37.8 Å². The molecule has 0 saturated heterocycles. The number of pyridine rings is 2. The van der Waals surface area contributed by atoms with Crippen molar-refractivity contribution in [2.24, 2.45) is 0 Å². The summed E-state index contributed by atoms with van der Waals surface area (Å²) in [6.07, 6.45) is 3.62. The molecule has 2 aromatic rings. The summed E-state index contributed by atoms with van der Waals surface area (Å²) in [5, 5.41) is 5.31. The van der Waals surface area contributed by atoms with Crippen LogP contribution in [-0.4, -0.2) is 16.5 Å². The first-order valence-corrected chi connectivity index (χ1v) is 6.45. The third-order valence-corrected chi connectivity index (χ3v) is 3.27. The Hall–Kier alpha value is -1.39. The molecular weight excluding hydrogens is 230 g/mol. The maximum Gasteiger partial charge on any atom is 0.107 e. The molecular formula is C13H15N3S. The highest BCUT2D eigenvalue weighted by Crippen LogP contribution is 2.26. The van der Waals surface area contributed by atoms with Crippen LogP contribution in [0, 0.1) is 0 Å². The summed E-state index contributed by atoms with van der Waals surface area (Å²) in [5.74, 6) is 0. The normalized spacial score (nSPS) is 10.4. The second-order valence-corrected chi connectivity index (χ2v) is 4.53. The van der Waals surface area contributed by atoms with Crippen LogP contribution in [-0.2, 0) is 6.54 Å². The lowest BCUT2D eigenvalue weighted by Gasteiger charge is -2.07. The summed E-state index contributed by atoms with van der Waals surface area (Å²) in [6.45, 7) is 3.91. The summed E-state index contributed by atoms with van der Waals surface area (Å²) >= 11 is 1.60. The van der Waals surface area contributed by atoms with Crippen LogP contribution in [0.25, 0.3) is 0 Å². The van der Waals surface area contributed by atoms with Crippen LogP contribution >= 0.6 is 11.8 Å². The fraction of sp³-hybridized carbons (Fsp3) is 0.231. The molecule has 0 atom stereocenters. The van der Waals surface area contributed by atoms with Gasteiger partial charge in [-0.15, -0.1) is 0 Å². The van der Waals surface area contributed by atoms with Crippen LogP contribution in [0.15, 0.2) is 52.8 Å². The lowest BCUT2D eigenvalue weighted by Crippen LogP contribution is -2.12. The number of hydrogen-bond acceptors (Lipinski definition) is 4. The van der Waals surface area contributed by atoms with Crippen LogP contribution in [0.5, 0.6) is 0 Å². The minimum absolute atomic E-state index is 0.847. The average Bonchev–Trinajstić information content (AvgIpc) is 2.39. The van der Waals surface area contributed by atoms with Gasteiger partial charge in [0, 0.05) is 18.9 Å². The largest absolute Gasteiger partial charge is 0.313 e. The van der Waals surface area contributed by atoms with Gasteiger partial charge in [-0.05, 0) is 42.1 Å². The number of aromatic nitrogens is 2. The number of rotatable bonds is 5. The maximum atomic E-state index is 4.41. The van der Waals surface area contributed by atoms with E-state index in [1.807, 2.05) is 30.5 Å². The highest BCUT2D eigenvalue weighted by molar-refractivity contribution is 7.99. The molecule has 17 heavy (non-hydrogen) atoms. The number of nitrogens with zero attached hydrogens (tertiary/aromatic N) is 2. The first-order chi connectivity index (χ1) is 8.40. The van der Waals surface area contributed by atoms with Gasteiger partial charge in [-0.1, -0.05) is 19.1 Å². The van der Waals surface area contributed by atoms with Crippen LogP contribution in [0.3, 0.4) is 0 Å². The van der Waals surface area contributed by atoms with E-state index in [4.69, 9.17) is 0 Å². The van der Waals surface area contributed by atoms with E-state index in [2.05, 4.69) is 28.3 Å². The molecule has 0 bridgehead atoms. The molecule has 2 aromatic heterocycles. The van der Waals surface area contributed by atoms with Crippen molar-refractivity contribution in [1.29, 1.82) is 0 Å². The molecule has 0 aromatic carbocycles. The van der Waals surface area contributed by atoms with E-state index in [9.17, 15) is 0 Å². The first-order valence-electron chi connectivity index (χ1n) is 5.63. The molecule has 0 aliphatic rings. The monoisotopic (exact) mass is 245 g/mol. The zero-order chi connectivity index (χ0) is 11.9. The number of hydrogen-bond donors (Lipinski definition) is 1. The fourth-order valence-corrected chi connectivity index (χ4v) is 2.26. The third kappa shape index (κ3) is 3.54. The Kier molecular flexibility index (Phi) is 4.53. The van der Waals surface area contributed by atoms with Gasteiger partial charge in [0.2, 0.25) is 0 Å². The van der Waals surface area contributed by atoms with Gasteiger partial charge >= 0.3 is 0 Å². The van der Waals surface area contributed by atoms with Gasteiger partial charge in [0.05, 0.1) is 0 Å². The molecule has 2 heterocycles. The van der Waals surface area contributed by atoms with Gasteiger partial charge in [-0.2, -0.15) is 0 Å². The summed E-state index contributed by atoms with van der Waals surface area (Å²) in [6, 6.07) is 9.97. The van der Waals surface area contributed by atoms with Crippen molar-refractivity contribution in [3.63, 3.8) is 0 Å². The molecule has 0 amide bonds. The quantitative estimate of drug-likeness (QED) is 0.879. The Morgan fingerprint density at radius 1 is 1.12 bits per heavy atom. The number of nitrogens with one attached hydrogen (secondary N) is 1. The Balaban J connectivity index is 2.15. The lowest BCUT2D eigenvalue weighted by molar-refractivity contribution is 0.711. The first kappa shape index (κ1) is 12.1. The predicted molar refractivity (Wildman–Crippen MR) is 70.0 cm³/mol. The standard InChI is InChI=1S/C13H15N3S/c1-2-14-10-11-6-5-9-16-13(11)17-12-7-3-4-8-15-12/h3-9,14H,2,10H2,1H3. The van der Waals surface area contributed by atoms with E-state index in [0.29, 0.717) is 0 Å². The summed E-state index contributed by atoms with van der Waals surface area (Å²) in [7, 11) is 0. The minimum atomic E-state index is 0.847. The van der Waals surface area contributed by atoms with Crippen LogP contribution in [0.2, 0.25) is 0 Å². The van der Waals surface area contributed by atoms with E-state index < -0.39 is 0 Å². The van der Waals surface area contributed by atoms with E-state index in [1.165, 1.54) is 5.56 Å². The Bertz CT molecular complexity index is 459. The van der Waals surface area contributed by atoms with E-state index in [0.717, 1.165) is 23.1 Å². The summed E-state index contributed by atoms with van der Waals surface area (Å²) in [4.78, 5) is 8.71. The molecule has 4 heteroatoms. The molecule has 0 aliphatic carbocycles. The van der Waals surface area contributed by atoms with Gasteiger partial charge in [0.15, 0.2) is 0 Å². The smallest absolute Gasteiger partial charge is 0.107 e. The molecule has 1 N–H and O–H groups in total. The third-order valence-electron chi connectivity index (χ3n) is 2.25. The summed E-state index contributed by atoms with van der Waals surface area (Å²) in [5.41, 5.74) is 1.21. The second-order valence-electron chi connectivity index (χ2n) is 3.52. The Labute approximate surface area is 106 Å². The van der Waals surface area contributed by atoms with E-state index >= 15 is 0 Å². The SMILES string of the molecule is CCNCc1cccnc1Sc1ccccn1. The predicted octanol–water partition coefficient (Wildman–Crippen LogP) is 2.74. The zero-order valence-electron chi connectivity index (χ0n) is 9.76. The highest BCUT2D eigenvalue weighted by atomic mass is 32.2. The van der Waals surface area contributed by atoms with Crippen molar-refractivity contribution in [2.45, 2.75) is 23.5 Å². The minimum Gasteiger partial charge on any atom is -0.313 e. The highest BCUT2D eigenvalue weighted by Gasteiger charge is 2.05. The summed E-state index contributed by atoms with van der Waals surface area (Å²) < 4.78 is 0. The van der Waals surface area contributed by atoms with Crippen molar-refractivity contribution >= 4 is 11.8 Å². The van der Waals surface area contributed by atoms with Crippen LogP contribution in [0.1, 0.15) is 12.5 Å². The van der Waals surface area contributed by atoms with Gasteiger partial charge in [0.1, 0.15) is 10.1 Å². The molecule has 88 valence electrons. The molecule has 0 spiro atoms. The second kappa shape index (κ2) is 6.37. The van der Waals surface area contributed by atoms with Crippen molar-refractivity contribution in [3.05, 3.63) is 48.3 Å². The van der Waals surface area contributed by atoms with E-state index in [1.54, 1.807) is 18.0 Å². The lowest BCUT2D eigenvalue weighted by atomic mass is 10.3. The molecule has 0 aliphatic heterocycles. The van der Waals surface area contributed by atoms with Crippen molar-refractivity contribution < 1.29 is 0 Å². The molecule has 0 fully saturated rings. The van der Waals surface area contributed by atoms with Gasteiger partial charge in [-0.3, -0.25) is 0 Å². The zero-order valence-corrected chi connectivity index (χ0v) is 10.6. The van der Waals surface area contributed by atoms with Crippen molar-refractivity contribution in [2.75, 3.05) is 6.54 Å². The Morgan fingerprint density at radius 2 is 2.00 bits per heavy atom. The van der Waals surface area contributed by atoms with Crippen LogP contribution < -0.4 is 5.32 Å². The average molecular weight is 245 g/mol. The van der Waals surface area contributed by atoms with E-state index in [-0.39, 0.29) is 0 Å².